The maximum Gasteiger partial charge on any atom is 0.245 e. The van der Waals surface area contributed by atoms with E-state index >= 15 is 0 Å². The third kappa shape index (κ3) is 4.12. The number of aryl methyl sites for hydroxylation is 2. The summed E-state index contributed by atoms with van der Waals surface area (Å²) < 4.78 is 9.57. The zero-order valence-corrected chi connectivity index (χ0v) is 20.0. The van der Waals surface area contributed by atoms with Crippen molar-refractivity contribution in [1.29, 1.82) is 0 Å². The van der Waals surface area contributed by atoms with E-state index in [1.165, 1.54) is 31.8 Å². The lowest BCUT2D eigenvalue weighted by molar-refractivity contribution is -0.662. The number of thiophene rings is 2. The Labute approximate surface area is 201 Å². The van der Waals surface area contributed by atoms with Gasteiger partial charge in [0.25, 0.3) is 0 Å². The fourth-order valence-electron chi connectivity index (χ4n) is 4.65. The topological polar surface area (TPSA) is 17.6 Å². The summed E-state index contributed by atoms with van der Waals surface area (Å²) in [4.78, 5) is 2.77. The summed E-state index contributed by atoms with van der Waals surface area (Å²) >= 11 is 3.64. The number of aromatic nitrogens is 4. The molecule has 0 amide bonds. The lowest BCUT2D eigenvalue weighted by Gasteiger charge is -1.98. The molecule has 33 heavy (non-hydrogen) atoms. The quantitative estimate of drug-likeness (QED) is 0.262. The van der Waals surface area contributed by atoms with Crippen molar-refractivity contribution < 1.29 is 9.13 Å². The van der Waals surface area contributed by atoms with Gasteiger partial charge in [-0.15, -0.1) is 22.7 Å². The van der Waals surface area contributed by atoms with Gasteiger partial charge in [-0.25, -0.2) is 18.3 Å². The third-order valence-electron chi connectivity index (χ3n) is 6.17. The van der Waals surface area contributed by atoms with E-state index in [4.69, 9.17) is 0 Å². The van der Waals surface area contributed by atoms with Crippen molar-refractivity contribution in [2.75, 3.05) is 0 Å². The van der Waals surface area contributed by atoms with Crippen molar-refractivity contribution in [1.82, 2.24) is 9.13 Å². The molecule has 4 aromatic heterocycles. The lowest BCUT2D eigenvalue weighted by atomic mass is 10.3. The van der Waals surface area contributed by atoms with E-state index in [2.05, 4.69) is 114 Å². The summed E-state index contributed by atoms with van der Waals surface area (Å²) in [5, 5.41) is 4.31. The average molecular weight is 471 g/mol. The van der Waals surface area contributed by atoms with Gasteiger partial charge in [0.2, 0.25) is 12.7 Å². The van der Waals surface area contributed by atoms with Crippen LogP contribution in [0.3, 0.4) is 0 Å². The second-order valence-corrected chi connectivity index (χ2v) is 10.4. The number of hydrogen-bond acceptors (Lipinski definition) is 2. The molecule has 0 aliphatic carbocycles. The van der Waals surface area contributed by atoms with Crippen LogP contribution < -0.4 is 9.13 Å². The number of hydrogen-bond donors (Lipinski definition) is 0. The van der Waals surface area contributed by atoms with Gasteiger partial charge in [-0.2, -0.15) is 0 Å². The predicted octanol–water partition coefficient (Wildman–Crippen LogP) is 5.48. The summed E-state index contributed by atoms with van der Waals surface area (Å²) in [7, 11) is 0. The molecule has 0 unspecified atom stereocenters. The molecule has 0 spiro atoms. The lowest BCUT2D eigenvalue weighted by Crippen LogP contribution is -2.32. The Morgan fingerprint density at radius 3 is 1.52 bits per heavy atom. The van der Waals surface area contributed by atoms with Crippen LogP contribution in [0.4, 0.5) is 0 Å². The molecule has 4 heterocycles. The molecule has 0 bridgehead atoms. The fourth-order valence-corrected chi connectivity index (χ4v) is 6.05. The van der Waals surface area contributed by atoms with E-state index in [9.17, 15) is 0 Å². The smallest absolute Gasteiger partial charge is 0.230 e. The second-order valence-electron chi connectivity index (χ2n) is 8.36. The molecule has 6 aromatic rings. The number of nitrogens with zero attached hydrogens (tertiary/aromatic N) is 4. The molecule has 2 aromatic carbocycles. The molecule has 0 saturated carbocycles. The maximum absolute atomic E-state index is 2.41. The van der Waals surface area contributed by atoms with Gasteiger partial charge in [0.05, 0.1) is 13.1 Å². The van der Waals surface area contributed by atoms with Crippen molar-refractivity contribution in [3.63, 3.8) is 0 Å². The van der Waals surface area contributed by atoms with Gasteiger partial charge in [0.15, 0.2) is 22.1 Å². The Bertz CT molecular complexity index is 1380. The first-order valence-corrected chi connectivity index (χ1v) is 13.1. The fraction of sp³-hybridized carbons (Fsp3) is 0.185. The first-order chi connectivity index (χ1) is 16.3. The van der Waals surface area contributed by atoms with Crippen LogP contribution in [0.2, 0.25) is 0 Å². The van der Waals surface area contributed by atoms with Crippen molar-refractivity contribution in [2.24, 2.45) is 0 Å². The molecule has 0 saturated heterocycles. The molecule has 164 valence electrons. The van der Waals surface area contributed by atoms with Gasteiger partial charge >= 0.3 is 0 Å². The van der Waals surface area contributed by atoms with Crippen LogP contribution in [-0.4, -0.2) is 9.13 Å². The van der Waals surface area contributed by atoms with Crippen molar-refractivity contribution >= 4 is 44.7 Å². The highest BCUT2D eigenvalue weighted by molar-refractivity contribution is 7.10. The molecule has 0 fully saturated rings. The SMILES string of the molecule is c1csc(C[n+]2cn(CCCn3c[n+](Cc4cccs4)c4ccccc43)c3ccccc32)c1. The normalized spacial score (nSPS) is 11.6. The molecule has 4 nitrogen and oxygen atoms in total. The second kappa shape index (κ2) is 8.96. The Kier molecular flexibility index (Phi) is 5.54. The van der Waals surface area contributed by atoms with E-state index in [0.29, 0.717) is 0 Å². The van der Waals surface area contributed by atoms with Crippen molar-refractivity contribution in [3.8, 4) is 0 Å². The highest BCUT2D eigenvalue weighted by atomic mass is 32.1. The van der Waals surface area contributed by atoms with Gasteiger partial charge in [-0.05, 0) is 47.2 Å². The minimum absolute atomic E-state index is 0.927. The molecular formula is C27H26N4S2+2. The molecule has 6 rings (SSSR count). The summed E-state index contributed by atoms with van der Waals surface area (Å²) in [5.41, 5.74) is 5.20. The number of benzene rings is 2. The van der Waals surface area contributed by atoms with Crippen LogP contribution in [0.15, 0.2) is 96.2 Å². The molecule has 0 N–H and O–H groups in total. The van der Waals surface area contributed by atoms with Crippen LogP contribution in [0.25, 0.3) is 22.1 Å². The monoisotopic (exact) mass is 470 g/mol. The average Bonchev–Trinajstić information content (AvgIpc) is 3.65. The van der Waals surface area contributed by atoms with Crippen LogP contribution in [0, 0.1) is 0 Å². The van der Waals surface area contributed by atoms with Crippen LogP contribution in [-0.2, 0) is 26.2 Å². The predicted molar refractivity (Wildman–Crippen MR) is 136 cm³/mol. The van der Waals surface area contributed by atoms with Gasteiger partial charge < -0.3 is 0 Å². The molecule has 0 radical (unpaired) electrons. The summed E-state index contributed by atoms with van der Waals surface area (Å²) in [6, 6.07) is 26.2. The van der Waals surface area contributed by atoms with E-state index in [1.54, 1.807) is 0 Å². The molecule has 0 aliphatic rings. The number of imidazole rings is 2. The minimum Gasteiger partial charge on any atom is -0.230 e. The van der Waals surface area contributed by atoms with E-state index in [-0.39, 0.29) is 0 Å². The van der Waals surface area contributed by atoms with E-state index < -0.39 is 0 Å². The highest BCUT2D eigenvalue weighted by Gasteiger charge is 2.18. The summed E-state index contributed by atoms with van der Waals surface area (Å²) in [6.07, 6.45) is 5.65. The standard InChI is InChI=1S/C27H26N4S2/c1-3-12-26-24(10-1)28(20-30(26)18-22-8-5-16-32-22)14-7-15-29-21-31(19-23-9-6-17-33-23)27-13-4-2-11-25(27)29/h1-6,8-13,16-17,20-21H,7,14-15,18-19H2/q+2. The molecule has 0 atom stereocenters. The Hall–Kier alpha value is -3.22. The summed E-state index contributed by atoms with van der Waals surface area (Å²) in [5.74, 6) is 0. The van der Waals surface area contributed by atoms with Gasteiger partial charge in [-0.1, -0.05) is 36.4 Å². The van der Waals surface area contributed by atoms with Crippen LogP contribution in [0.1, 0.15) is 16.2 Å². The van der Waals surface area contributed by atoms with Crippen molar-refractivity contribution in [3.05, 3.63) is 106 Å². The van der Waals surface area contributed by atoms with Gasteiger partial charge in [0.1, 0.15) is 13.1 Å². The largest absolute Gasteiger partial charge is 0.245 e. The maximum atomic E-state index is 2.41. The number of para-hydroxylation sites is 4. The van der Waals surface area contributed by atoms with Crippen LogP contribution >= 0.6 is 22.7 Å². The summed E-state index contributed by atoms with van der Waals surface area (Å²) in [6.45, 7) is 3.84. The van der Waals surface area contributed by atoms with Gasteiger partial charge in [0, 0.05) is 16.2 Å². The third-order valence-corrected chi connectivity index (χ3v) is 7.89. The Balaban J connectivity index is 1.23. The number of fused-ring (bicyclic) bond motifs is 2. The zero-order valence-electron chi connectivity index (χ0n) is 18.4. The van der Waals surface area contributed by atoms with Crippen LogP contribution in [0.5, 0.6) is 0 Å². The molecular weight excluding hydrogens is 444 g/mol. The van der Waals surface area contributed by atoms with Gasteiger partial charge in [-0.3, -0.25) is 0 Å². The first-order valence-electron chi connectivity index (χ1n) is 11.3. The Morgan fingerprint density at radius 2 is 1.06 bits per heavy atom. The Morgan fingerprint density at radius 1 is 0.576 bits per heavy atom. The minimum atomic E-state index is 0.927. The molecule has 0 aliphatic heterocycles. The highest BCUT2D eigenvalue weighted by Crippen LogP contribution is 2.17. The molecule has 6 heteroatoms. The van der Waals surface area contributed by atoms with E-state index in [1.807, 2.05) is 22.7 Å². The zero-order chi connectivity index (χ0) is 22.0. The van der Waals surface area contributed by atoms with Crippen molar-refractivity contribution in [2.45, 2.75) is 32.6 Å². The first kappa shape index (κ1) is 20.4. The number of rotatable bonds is 8. The van der Waals surface area contributed by atoms with E-state index in [0.717, 1.165) is 32.6 Å².